The van der Waals surface area contributed by atoms with Gasteiger partial charge in [0.15, 0.2) is 0 Å². The van der Waals surface area contributed by atoms with Gasteiger partial charge >= 0.3 is 6.03 Å². The van der Waals surface area contributed by atoms with Gasteiger partial charge in [0.1, 0.15) is 17.5 Å². The van der Waals surface area contributed by atoms with Crippen LogP contribution in [0.1, 0.15) is 30.3 Å². The summed E-state index contributed by atoms with van der Waals surface area (Å²) in [5, 5.41) is 7.03. The number of nitrogens with one attached hydrogen (secondary N) is 1. The summed E-state index contributed by atoms with van der Waals surface area (Å²) in [6.07, 6.45) is 1.63. The number of nitrogens with zero attached hydrogens (tertiary/aromatic N) is 3. The molecule has 3 aromatic rings. The van der Waals surface area contributed by atoms with E-state index in [4.69, 9.17) is 14.0 Å². The van der Waals surface area contributed by atoms with E-state index in [0.29, 0.717) is 35.4 Å². The first-order chi connectivity index (χ1) is 14.6. The van der Waals surface area contributed by atoms with Gasteiger partial charge in [-0.3, -0.25) is 0 Å². The number of hydrogen-bond donors (Lipinski definition) is 1. The Hall–Kier alpha value is -3.55. The number of likely N-dealkylation sites (tertiary alicyclic amines) is 1. The highest BCUT2D eigenvalue weighted by molar-refractivity contribution is 5.90. The first kappa shape index (κ1) is 19.8. The Labute approximate surface area is 174 Å². The maximum atomic E-state index is 13.0. The van der Waals surface area contributed by atoms with Crippen molar-refractivity contribution in [3.63, 3.8) is 0 Å². The van der Waals surface area contributed by atoms with E-state index in [2.05, 4.69) is 15.5 Å². The Morgan fingerprint density at radius 1 is 1.17 bits per heavy atom. The van der Waals surface area contributed by atoms with Crippen LogP contribution in [0.2, 0.25) is 0 Å². The number of aryl methyl sites for hydroxylation is 1. The lowest BCUT2D eigenvalue weighted by atomic mass is 10.1. The largest absolute Gasteiger partial charge is 0.497 e. The van der Waals surface area contributed by atoms with Crippen LogP contribution >= 0.6 is 0 Å². The standard InChI is InChI=1S/C22H24N4O4/c1-14-6-4-7-15(10-14)20-24-21(30-25-20)19-8-5-9-26(19)22(27)23-16-11-17(28-2)13-18(12-16)29-3/h4,6-7,10-13,19H,5,8-9H2,1-3H3,(H,23,27). The van der Waals surface area contributed by atoms with Crippen molar-refractivity contribution in [1.29, 1.82) is 0 Å². The third kappa shape index (κ3) is 4.07. The van der Waals surface area contributed by atoms with E-state index in [-0.39, 0.29) is 12.1 Å². The second-order valence-electron chi connectivity index (χ2n) is 7.21. The fraction of sp³-hybridized carbons (Fsp3) is 0.318. The van der Waals surface area contributed by atoms with Crippen LogP contribution < -0.4 is 14.8 Å². The minimum atomic E-state index is -0.261. The number of methoxy groups -OCH3 is 2. The van der Waals surface area contributed by atoms with Crippen LogP contribution in [-0.2, 0) is 0 Å². The van der Waals surface area contributed by atoms with Crippen molar-refractivity contribution >= 4 is 11.7 Å². The molecule has 0 aliphatic carbocycles. The van der Waals surface area contributed by atoms with Crippen LogP contribution in [0.25, 0.3) is 11.4 Å². The molecule has 1 fully saturated rings. The Bertz CT molecular complexity index is 1030. The van der Waals surface area contributed by atoms with Crippen LogP contribution in [0.5, 0.6) is 11.5 Å². The number of carbonyl (C=O) groups is 1. The zero-order valence-electron chi connectivity index (χ0n) is 17.2. The molecular formula is C22H24N4O4. The average Bonchev–Trinajstić information content (AvgIpc) is 3.43. The third-order valence-electron chi connectivity index (χ3n) is 5.12. The number of carbonyl (C=O) groups excluding carboxylic acids is 1. The molecule has 2 aromatic carbocycles. The van der Waals surface area contributed by atoms with Gasteiger partial charge in [-0.1, -0.05) is 28.9 Å². The van der Waals surface area contributed by atoms with Crippen molar-refractivity contribution in [2.45, 2.75) is 25.8 Å². The molecule has 1 aromatic heterocycles. The normalized spacial score (nSPS) is 15.8. The number of amides is 2. The second kappa shape index (κ2) is 8.44. The first-order valence-corrected chi connectivity index (χ1v) is 9.78. The van der Waals surface area contributed by atoms with Gasteiger partial charge in [0.05, 0.1) is 14.2 Å². The minimum absolute atomic E-state index is 0.233. The van der Waals surface area contributed by atoms with Crippen LogP contribution in [0.3, 0.4) is 0 Å². The molecule has 1 aliphatic rings. The number of rotatable bonds is 5. The lowest BCUT2D eigenvalue weighted by Crippen LogP contribution is -2.34. The van der Waals surface area contributed by atoms with Crippen LogP contribution in [0, 0.1) is 6.92 Å². The van der Waals surface area contributed by atoms with Crippen molar-refractivity contribution in [3.05, 3.63) is 53.9 Å². The molecular weight excluding hydrogens is 384 g/mol. The lowest BCUT2D eigenvalue weighted by Gasteiger charge is -2.22. The van der Waals surface area contributed by atoms with Crippen molar-refractivity contribution in [2.24, 2.45) is 0 Å². The highest BCUT2D eigenvalue weighted by atomic mass is 16.5. The van der Waals surface area contributed by atoms with Gasteiger partial charge in [-0.25, -0.2) is 4.79 Å². The molecule has 1 saturated heterocycles. The van der Waals surface area contributed by atoms with E-state index in [9.17, 15) is 4.79 Å². The van der Waals surface area contributed by atoms with Gasteiger partial charge in [0.2, 0.25) is 11.7 Å². The molecule has 1 N–H and O–H groups in total. The summed E-state index contributed by atoms with van der Waals surface area (Å²) in [5.74, 6) is 2.17. The van der Waals surface area contributed by atoms with Crippen molar-refractivity contribution in [1.82, 2.24) is 15.0 Å². The number of urea groups is 1. The monoisotopic (exact) mass is 408 g/mol. The molecule has 1 unspecified atom stereocenters. The molecule has 8 heteroatoms. The minimum Gasteiger partial charge on any atom is -0.497 e. The summed E-state index contributed by atoms with van der Waals surface area (Å²) in [5.41, 5.74) is 2.60. The molecule has 30 heavy (non-hydrogen) atoms. The third-order valence-corrected chi connectivity index (χ3v) is 5.12. The van der Waals surface area contributed by atoms with E-state index in [1.165, 1.54) is 0 Å². The van der Waals surface area contributed by atoms with Gasteiger partial charge in [-0.2, -0.15) is 4.98 Å². The van der Waals surface area contributed by atoms with Gasteiger partial charge in [0.25, 0.3) is 0 Å². The smallest absolute Gasteiger partial charge is 0.322 e. The molecule has 1 aliphatic heterocycles. The molecule has 1 atom stereocenters. The topological polar surface area (TPSA) is 89.7 Å². The fourth-order valence-electron chi connectivity index (χ4n) is 3.61. The Morgan fingerprint density at radius 2 is 1.93 bits per heavy atom. The Balaban J connectivity index is 1.52. The van der Waals surface area contributed by atoms with E-state index >= 15 is 0 Å². The summed E-state index contributed by atoms with van der Waals surface area (Å²) < 4.78 is 16.1. The number of aromatic nitrogens is 2. The Morgan fingerprint density at radius 3 is 2.63 bits per heavy atom. The fourth-order valence-corrected chi connectivity index (χ4v) is 3.61. The van der Waals surface area contributed by atoms with Gasteiger partial charge in [0, 0.05) is 36.0 Å². The van der Waals surface area contributed by atoms with Gasteiger partial charge in [-0.15, -0.1) is 0 Å². The number of benzene rings is 2. The number of anilines is 1. The Kier molecular flexibility index (Phi) is 5.56. The van der Waals surface area contributed by atoms with Crippen LogP contribution in [-0.4, -0.2) is 41.8 Å². The van der Waals surface area contributed by atoms with Crippen molar-refractivity contribution in [3.8, 4) is 22.9 Å². The van der Waals surface area contributed by atoms with Gasteiger partial charge in [-0.05, 0) is 25.8 Å². The van der Waals surface area contributed by atoms with E-state index in [1.807, 2.05) is 31.2 Å². The molecule has 0 saturated carbocycles. The highest BCUT2D eigenvalue weighted by Crippen LogP contribution is 2.33. The lowest BCUT2D eigenvalue weighted by molar-refractivity contribution is 0.193. The molecule has 2 heterocycles. The second-order valence-corrected chi connectivity index (χ2v) is 7.21. The first-order valence-electron chi connectivity index (χ1n) is 9.78. The summed E-state index contributed by atoms with van der Waals surface area (Å²) in [6, 6.07) is 12.7. The van der Waals surface area contributed by atoms with Crippen molar-refractivity contribution in [2.75, 3.05) is 26.1 Å². The molecule has 4 rings (SSSR count). The molecule has 2 amide bonds. The zero-order valence-corrected chi connectivity index (χ0v) is 17.2. The van der Waals surface area contributed by atoms with Crippen LogP contribution in [0.4, 0.5) is 10.5 Å². The summed E-state index contributed by atoms with van der Waals surface area (Å²) in [4.78, 5) is 19.2. The summed E-state index contributed by atoms with van der Waals surface area (Å²) in [6.45, 7) is 2.63. The number of hydrogen-bond acceptors (Lipinski definition) is 6. The van der Waals surface area contributed by atoms with E-state index < -0.39 is 0 Å². The summed E-state index contributed by atoms with van der Waals surface area (Å²) in [7, 11) is 3.14. The average molecular weight is 408 g/mol. The SMILES string of the molecule is COc1cc(NC(=O)N2CCCC2c2nc(-c3cccc(C)c3)no2)cc(OC)c1. The number of ether oxygens (including phenoxy) is 2. The predicted molar refractivity (Wildman–Crippen MR) is 112 cm³/mol. The highest BCUT2D eigenvalue weighted by Gasteiger charge is 2.34. The molecule has 0 bridgehead atoms. The van der Waals surface area contributed by atoms with E-state index in [1.54, 1.807) is 37.3 Å². The van der Waals surface area contributed by atoms with Crippen molar-refractivity contribution < 1.29 is 18.8 Å². The molecule has 0 spiro atoms. The maximum Gasteiger partial charge on any atom is 0.322 e. The summed E-state index contributed by atoms with van der Waals surface area (Å²) >= 11 is 0. The van der Waals surface area contributed by atoms with Gasteiger partial charge < -0.3 is 24.2 Å². The molecule has 0 radical (unpaired) electrons. The molecule has 8 nitrogen and oxygen atoms in total. The predicted octanol–water partition coefficient (Wildman–Crippen LogP) is 4.43. The molecule has 156 valence electrons. The van der Waals surface area contributed by atoms with Crippen LogP contribution in [0.15, 0.2) is 47.0 Å². The quantitative estimate of drug-likeness (QED) is 0.672. The van der Waals surface area contributed by atoms with E-state index in [0.717, 1.165) is 24.0 Å². The zero-order chi connectivity index (χ0) is 21.1. The maximum absolute atomic E-state index is 13.0.